The number of carbonyl (C=O) groups excluding carboxylic acids is 2. The number of hydrogen-bond donors (Lipinski definition) is 2. The lowest BCUT2D eigenvalue weighted by molar-refractivity contribution is -0.113. The molecule has 0 saturated carbocycles. The van der Waals surface area contributed by atoms with Gasteiger partial charge in [-0.3, -0.25) is 4.79 Å². The van der Waals surface area contributed by atoms with E-state index in [1.807, 2.05) is 6.92 Å². The largest absolute Gasteiger partial charge is 0.462 e. The minimum Gasteiger partial charge on any atom is -0.462 e. The highest BCUT2D eigenvalue weighted by atomic mass is 32.2. The van der Waals surface area contributed by atoms with Crippen molar-refractivity contribution in [3.63, 3.8) is 0 Å². The fourth-order valence-corrected chi connectivity index (χ4v) is 4.38. The molecule has 0 unspecified atom stereocenters. The number of thioether (sulfide) groups is 1. The third kappa shape index (κ3) is 5.98. The number of aryl methyl sites for hydroxylation is 1. The Bertz CT molecular complexity index is 729. The first-order chi connectivity index (χ1) is 12.0. The molecule has 2 N–H and O–H groups in total. The average Bonchev–Trinajstić information content (AvgIpc) is 3.17. The molecule has 2 rings (SSSR count). The van der Waals surface area contributed by atoms with Crippen LogP contribution in [0.5, 0.6) is 0 Å². The number of carbonyl (C=O) groups is 2. The van der Waals surface area contributed by atoms with Crippen molar-refractivity contribution >= 4 is 56.4 Å². The predicted molar refractivity (Wildman–Crippen MR) is 103 cm³/mol. The summed E-state index contributed by atoms with van der Waals surface area (Å²) in [4.78, 5) is 24.4. The van der Waals surface area contributed by atoms with Crippen LogP contribution >= 0.6 is 34.4 Å². The van der Waals surface area contributed by atoms with E-state index in [1.54, 1.807) is 13.0 Å². The van der Waals surface area contributed by atoms with Gasteiger partial charge in [-0.15, -0.1) is 21.5 Å². The van der Waals surface area contributed by atoms with E-state index in [2.05, 4.69) is 27.8 Å². The molecule has 2 aromatic heterocycles. The Morgan fingerprint density at radius 2 is 2.08 bits per heavy atom. The zero-order valence-electron chi connectivity index (χ0n) is 14.2. The molecule has 0 fully saturated rings. The Morgan fingerprint density at radius 3 is 2.80 bits per heavy atom. The molecule has 0 aliphatic rings. The van der Waals surface area contributed by atoms with Crippen LogP contribution in [0.1, 0.15) is 35.5 Å². The number of aromatic nitrogens is 2. The highest BCUT2D eigenvalue weighted by Crippen LogP contribution is 2.29. The van der Waals surface area contributed by atoms with Crippen molar-refractivity contribution in [1.82, 2.24) is 10.2 Å². The number of rotatable bonds is 9. The van der Waals surface area contributed by atoms with Gasteiger partial charge in [0.1, 0.15) is 4.88 Å². The number of thiophene rings is 1. The van der Waals surface area contributed by atoms with Crippen molar-refractivity contribution in [1.29, 1.82) is 0 Å². The number of nitrogens with one attached hydrogen (secondary N) is 2. The van der Waals surface area contributed by atoms with Crippen LogP contribution in [0.3, 0.4) is 0 Å². The molecule has 7 nitrogen and oxygen atoms in total. The van der Waals surface area contributed by atoms with Gasteiger partial charge in [-0.1, -0.05) is 30.0 Å². The second-order valence-corrected chi connectivity index (χ2v) is 8.23. The average molecular weight is 401 g/mol. The fraction of sp³-hybridized carbons (Fsp3) is 0.467. The maximum atomic E-state index is 12.1. The third-order valence-electron chi connectivity index (χ3n) is 2.90. The zero-order chi connectivity index (χ0) is 18.2. The Morgan fingerprint density at radius 1 is 1.28 bits per heavy atom. The summed E-state index contributed by atoms with van der Waals surface area (Å²) < 4.78 is 5.74. The van der Waals surface area contributed by atoms with E-state index in [0.29, 0.717) is 16.5 Å². The van der Waals surface area contributed by atoms with Crippen LogP contribution in [-0.4, -0.2) is 41.0 Å². The van der Waals surface area contributed by atoms with E-state index < -0.39 is 0 Å². The Hall–Kier alpha value is -1.65. The van der Waals surface area contributed by atoms with E-state index in [4.69, 9.17) is 4.74 Å². The smallest absolute Gasteiger partial charge is 0.348 e. The molecule has 25 heavy (non-hydrogen) atoms. The second-order valence-electron chi connectivity index (χ2n) is 4.98. The lowest BCUT2D eigenvalue weighted by Crippen LogP contribution is -2.12. The van der Waals surface area contributed by atoms with Gasteiger partial charge < -0.3 is 15.4 Å². The fourth-order valence-electron chi connectivity index (χ4n) is 1.82. The molecule has 0 aliphatic heterocycles. The summed E-state index contributed by atoms with van der Waals surface area (Å²) in [6.45, 7) is 6.83. The summed E-state index contributed by atoms with van der Waals surface area (Å²) >= 11 is 3.98. The van der Waals surface area contributed by atoms with Crippen LogP contribution in [0.25, 0.3) is 0 Å². The maximum absolute atomic E-state index is 12.1. The van der Waals surface area contributed by atoms with Gasteiger partial charge in [0.25, 0.3) is 0 Å². The molecule has 0 spiro atoms. The van der Waals surface area contributed by atoms with Crippen LogP contribution in [-0.2, 0) is 9.53 Å². The molecule has 0 bridgehead atoms. The predicted octanol–water partition coefficient (Wildman–Crippen LogP) is 3.64. The minimum absolute atomic E-state index is 0.153. The van der Waals surface area contributed by atoms with Gasteiger partial charge >= 0.3 is 5.97 Å². The standard InChI is InChI=1S/C15H20N4O3S3/c1-4-6-16-14-18-19-15(25-14)23-8-10(20)17-11-7-9(3)12(24-11)13(21)22-5-2/h7H,4-6,8H2,1-3H3,(H,16,18)(H,17,20). The lowest BCUT2D eigenvalue weighted by atomic mass is 10.3. The van der Waals surface area contributed by atoms with E-state index in [-0.39, 0.29) is 17.6 Å². The highest BCUT2D eigenvalue weighted by molar-refractivity contribution is 8.01. The van der Waals surface area contributed by atoms with E-state index in [9.17, 15) is 9.59 Å². The number of nitrogens with zero attached hydrogens (tertiary/aromatic N) is 2. The molecule has 10 heteroatoms. The van der Waals surface area contributed by atoms with Crippen LogP contribution < -0.4 is 10.6 Å². The summed E-state index contributed by atoms with van der Waals surface area (Å²) in [5, 5.41) is 15.4. The van der Waals surface area contributed by atoms with Gasteiger partial charge in [0.05, 0.1) is 17.4 Å². The Kier molecular flexibility index (Phi) is 7.66. The molecule has 2 aromatic rings. The molecule has 0 atom stereocenters. The topological polar surface area (TPSA) is 93.2 Å². The summed E-state index contributed by atoms with van der Waals surface area (Å²) in [7, 11) is 0. The number of anilines is 2. The van der Waals surface area contributed by atoms with Crippen molar-refractivity contribution in [2.75, 3.05) is 29.5 Å². The van der Waals surface area contributed by atoms with Gasteiger partial charge in [0.15, 0.2) is 4.34 Å². The number of amides is 1. The molecule has 0 saturated heterocycles. The maximum Gasteiger partial charge on any atom is 0.348 e. The van der Waals surface area contributed by atoms with E-state index in [0.717, 1.165) is 28.0 Å². The minimum atomic E-state index is -0.360. The third-order valence-corrected chi connectivity index (χ3v) is 6.05. The van der Waals surface area contributed by atoms with Crippen molar-refractivity contribution in [3.8, 4) is 0 Å². The molecule has 1 amide bonds. The summed E-state index contributed by atoms with van der Waals surface area (Å²) in [5.74, 6) is -0.283. The molecular weight excluding hydrogens is 380 g/mol. The number of esters is 1. The van der Waals surface area contributed by atoms with E-state index >= 15 is 0 Å². The zero-order valence-corrected chi connectivity index (χ0v) is 16.7. The number of hydrogen-bond acceptors (Lipinski definition) is 9. The molecule has 0 aliphatic carbocycles. The number of ether oxygens (including phenoxy) is 1. The normalized spacial score (nSPS) is 10.5. The highest BCUT2D eigenvalue weighted by Gasteiger charge is 2.16. The first-order valence-electron chi connectivity index (χ1n) is 7.81. The molecule has 136 valence electrons. The molecule has 2 heterocycles. The van der Waals surface area contributed by atoms with Crippen molar-refractivity contribution in [2.45, 2.75) is 31.5 Å². The van der Waals surface area contributed by atoms with Gasteiger partial charge in [0, 0.05) is 6.54 Å². The Balaban J connectivity index is 1.85. The second kappa shape index (κ2) is 9.73. The van der Waals surface area contributed by atoms with Crippen LogP contribution in [0.4, 0.5) is 10.1 Å². The first kappa shape index (κ1) is 19.7. The van der Waals surface area contributed by atoms with Crippen molar-refractivity contribution < 1.29 is 14.3 Å². The summed E-state index contributed by atoms with van der Waals surface area (Å²) in [6.07, 6.45) is 1.01. The van der Waals surface area contributed by atoms with Crippen LogP contribution in [0.15, 0.2) is 10.4 Å². The monoisotopic (exact) mass is 400 g/mol. The van der Waals surface area contributed by atoms with Gasteiger partial charge in [-0.05, 0) is 31.9 Å². The van der Waals surface area contributed by atoms with Gasteiger partial charge in [0.2, 0.25) is 11.0 Å². The molecule has 0 aromatic carbocycles. The van der Waals surface area contributed by atoms with Crippen molar-refractivity contribution in [3.05, 3.63) is 16.5 Å². The Labute approximate surface area is 158 Å². The first-order valence-corrected chi connectivity index (χ1v) is 10.4. The van der Waals surface area contributed by atoms with E-state index in [1.165, 1.54) is 34.4 Å². The lowest BCUT2D eigenvalue weighted by Gasteiger charge is -2.00. The molecule has 0 radical (unpaired) electrons. The van der Waals surface area contributed by atoms with Gasteiger partial charge in [-0.25, -0.2) is 4.79 Å². The van der Waals surface area contributed by atoms with Gasteiger partial charge in [-0.2, -0.15) is 0 Å². The van der Waals surface area contributed by atoms with Crippen LogP contribution in [0, 0.1) is 6.92 Å². The molecular formula is C15H20N4O3S3. The summed E-state index contributed by atoms with van der Waals surface area (Å²) in [5.41, 5.74) is 0.794. The quantitative estimate of drug-likeness (QED) is 0.490. The van der Waals surface area contributed by atoms with Crippen molar-refractivity contribution in [2.24, 2.45) is 0 Å². The van der Waals surface area contributed by atoms with Crippen LogP contribution in [0.2, 0.25) is 0 Å². The SMILES string of the molecule is CCCNc1nnc(SCC(=O)Nc2cc(C)c(C(=O)OCC)s2)s1. The summed E-state index contributed by atoms with van der Waals surface area (Å²) in [6, 6.07) is 1.78.